The molecule has 0 aromatic heterocycles. The van der Waals surface area contributed by atoms with Gasteiger partial charge in [0.1, 0.15) is 0 Å². The van der Waals surface area contributed by atoms with Crippen molar-refractivity contribution in [3.05, 3.63) is 82.4 Å². The molecule has 3 aromatic carbocycles. The maximum atomic E-state index is 12.1. The lowest BCUT2D eigenvalue weighted by Gasteiger charge is -2.24. The van der Waals surface area contributed by atoms with E-state index in [4.69, 9.17) is 0 Å². The molecule has 0 radical (unpaired) electrons. The minimum atomic E-state index is -0.999. The molecule has 2 N–H and O–H groups in total. The quantitative estimate of drug-likeness (QED) is 0.409. The first kappa shape index (κ1) is 23.3. The SMILES string of the molecule is CCCc1c(CC(C)C)cc(C)c(-c2ccccc2C(=O)O)c1-c1ccccc1C(=O)O. The molecule has 0 aliphatic rings. The van der Waals surface area contributed by atoms with Crippen molar-refractivity contribution in [1.29, 1.82) is 0 Å². The maximum Gasteiger partial charge on any atom is 0.336 e. The summed E-state index contributed by atoms with van der Waals surface area (Å²) < 4.78 is 0. The first-order chi connectivity index (χ1) is 15.3. The molecule has 0 bridgehead atoms. The lowest BCUT2D eigenvalue weighted by atomic mass is 9.79. The van der Waals surface area contributed by atoms with Crippen LogP contribution in [-0.2, 0) is 12.8 Å². The van der Waals surface area contributed by atoms with Crippen molar-refractivity contribution in [2.45, 2.75) is 47.0 Å². The molecule has 4 heteroatoms. The zero-order chi connectivity index (χ0) is 23.4. The first-order valence-corrected chi connectivity index (χ1v) is 11.1. The van der Waals surface area contributed by atoms with E-state index in [1.807, 2.05) is 31.2 Å². The van der Waals surface area contributed by atoms with E-state index in [0.717, 1.165) is 41.5 Å². The number of hydrogen-bond donors (Lipinski definition) is 2. The molecule has 3 rings (SSSR count). The standard InChI is InChI=1S/C28H30O4/c1-5-10-20-19(15-17(2)3)16-18(4)25(21-11-6-8-13-23(21)27(29)30)26(20)22-12-7-9-14-24(22)28(31)32/h6-9,11-14,16-17H,5,10,15H2,1-4H3,(H,29,30)(H,31,32). The lowest BCUT2D eigenvalue weighted by molar-refractivity contribution is 0.0686. The van der Waals surface area contributed by atoms with Crippen LogP contribution in [0.15, 0.2) is 54.6 Å². The normalized spacial score (nSPS) is 11.0. The Morgan fingerprint density at radius 2 is 1.34 bits per heavy atom. The van der Waals surface area contributed by atoms with Crippen molar-refractivity contribution >= 4 is 11.9 Å². The van der Waals surface area contributed by atoms with Crippen LogP contribution in [0.1, 0.15) is 64.6 Å². The Hall–Kier alpha value is -3.40. The fraction of sp³-hybridized carbons (Fsp3) is 0.286. The Morgan fingerprint density at radius 3 is 1.81 bits per heavy atom. The summed E-state index contributed by atoms with van der Waals surface area (Å²) in [6.07, 6.45) is 2.56. The number of benzene rings is 3. The van der Waals surface area contributed by atoms with Crippen LogP contribution >= 0.6 is 0 Å². The second kappa shape index (κ2) is 9.82. The van der Waals surface area contributed by atoms with Gasteiger partial charge in [0, 0.05) is 0 Å². The van der Waals surface area contributed by atoms with E-state index >= 15 is 0 Å². The highest BCUT2D eigenvalue weighted by molar-refractivity contribution is 6.04. The van der Waals surface area contributed by atoms with Gasteiger partial charge in [-0.15, -0.1) is 0 Å². The molecular weight excluding hydrogens is 400 g/mol. The highest BCUT2D eigenvalue weighted by atomic mass is 16.4. The van der Waals surface area contributed by atoms with Crippen LogP contribution in [-0.4, -0.2) is 22.2 Å². The Morgan fingerprint density at radius 1 is 0.844 bits per heavy atom. The predicted molar refractivity (Wildman–Crippen MR) is 129 cm³/mol. The van der Waals surface area contributed by atoms with Crippen LogP contribution in [0.25, 0.3) is 22.3 Å². The average Bonchev–Trinajstić information content (AvgIpc) is 2.74. The van der Waals surface area contributed by atoms with Crippen LogP contribution in [0.2, 0.25) is 0 Å². The Balaban J connectivity index is 2.53. The Kier molecular flexibility index (Phi) is 7.14. The third-order valence-corrected chi connectivity index (χ3v) is 5.71. The predicted octanol–water partition coefficient (Wildman–Crippen LogP) is 6.88. The highest BCUT2D eigenvalue weighted by Crippen LogP contribution is 2.43. The van der Waals surface area contributed by atoms with Gasteiger partial charge in [-0.2, -0.15) is 0 Å². The van der Waals surface area contributed by atoms with Gasteiger partial charge in [0.05, 0.1) is 11.1 Å². The molecule has 0 aliphatic heterocycles. The molecule has 32 heavy (non-hydrogen) atoms. The summed E-state index contributed by atoms with van der Waals surface area (Å²) in [4.78, 5) is 24.2. The van der Waals surface area contributed by atoms with Crippen molar-refractivity contribution in [3.8, 4) is 22.3 Å². The van der Waals surface area contributed by atoms with Crippen molar-refractivity contribution in [1.82, 2.24) is 0 Å². The molecule has 0 atom stereocenters. The van der Waals surface area contributed by atoms with E-state index < -0.39 is 11.9 Å². The van der Waals surface area contributed by atoms with E-state index in [0.29, 0.717) is 17.0 Å². The summed E-state index contributed by atoms with van der Waals surface area (Å²) in [5.41, 5.74) is 6.57. The molecule has 0 aliphatic carbocycles. The topological polar surface area (TPSA) is 74.6 Å². The molecule has 0 fully saturated rings. The molecule has 0 saturated carbocycles. The molecule has 0 saturated heterocycles. The van der Waals surface area contributed by atoms with Crippen LogP contribution in [0, 0.1) is 12.8 Å². The summed E-state index contributed by atoms with van der Waals surface area (Å²) in [7, 11) is 0. The number of carboxylic acid groups (broad SMARTS) is 2. The maximum absolute atomic E-state index is 12.1. The number of aromatic carboxylic acids is 2. The second-order valence-electron chi connectivity index (χ2n) is 8.63. The van der Waals surface area contributed by atoms with E-state index in [2.05, 4.69) is 26.8 Å². The molecule has 0 heterocycles. The van der Waals surface area contributed by atoms with E-state index in [9.17, 15) is 19.8 Å². The first-order valence-electron chi connectivity index (χ1n) is 11.1. The van der Waals surface area contributed by atoms with E-state index in [-0.39, 0.29) is 11.1 Å². The molecule has 4 nitrogen and oxygen atoms in total. The van der Waals surface area contributed by atoms with Gasteiger partial charge in [-0.05, 0) is 76.8 Å². The van der Waals surface area contributed by atoms with Gasteiger partial charge >= 0.3 is 11.9 Å². The molecule has 0 spiro atoms. The van der Waals surface area contributed by atoms with Crippen molar-refractivity contribution in [2.75, 3.05) is 0 Å². The van der Waals surface area contributed by atoms with Gasteiger partial charge in [0.15, 0.2) is 0 Å². The smallest absolute Gasteiger partial charge is 0.336 e. The average molecular weight is 431 g/mol. The minimum Gasteiger partial charge on any atom is -0.478 e. The number of rotatable bonds is 8. The summed E-state index contributed by atoms with van der Waals surface area (Å²) in [5.74, 6) is -1.56. The number of hydrogen-bond acceptors (Lipinski definition) is 2. The highest BCUT2D eigenvalue weighted by Gasteiger charge is 2.24. The molecule has 0 unspecified atom stereocenters. The van der Waals surface area contributed by atoms with Gasteiger partial charge in [0.25, 0.3) is 0 Å². The summed E-state index contributed by atoms with van der Waals surface area (Å²) >= 11 is 0. The molecular formula is C28H30O4. The van der Waals surface area contributed by atoms with Gasteiger partial charge in [-0.3, -0.25) is 0 Å². The van der Waals surface area contributed by atoms with Crippen molar-refractivity contribution in [2.24, 2.45) is 5.92 Å². The van der Waals surface area contributed by atoms with Gasteiger partial charge < -0.3 is 10.2 Å². The second-order valence-corrected chi connectivity index (χ2v) is 8.63. The van der Waals surface area contributed by atoms with Gasteiger partial charge in [-0.25, -0.2) is 9.59 Å². The zero-order valence-corrected chi connectivity index (χ0v) is 19.1. The van der Waals surface area contributed by atoms with E-state index in [1.54, 1.807) is 24.3 Å². The fourth-order valence-corrected chi connectivity index (χ4v) is 4.51. The van der Waals surface area contributed by atoms with Crippen LogP contribution in [0.3, 0.4) is 0 Å². The van der Waals surface area contributed by atoms with Gasteiger partial charge in [0.2, 0.25) is 0 Å². The summed E-state index contributed by atoms with van der Waals surface area (Å²) in [5, 5.41) is 19.8. The Labute approximate surface area is 189 Å². The largest absolute Gasteiger partial charge is 0.478 e. The molecule has 3 aromatic rings. The third-order valence-electron chi connectivity index (χ3n) is 5.71. The zero-order valence-electron chi connectivity index (χ0n) is 19.1. The van der Waals surface area contributed by atoms with Gasteiger partial charge in [-0.1, -0.05) is 69.7 Å². The number of carbonyl (C=O) groups is 2. The minimum absolute atomic E-state index is 0.212. The monoisotopic (exact) mass is 430 g/mol. The summed E-state index contributed by atoms with van der Waals surface area (Å²) in [6.45, 7) is 8.43. The molecule has 166 valence electrons. The lowest BCUT2D eigenvalue weighted by Crippen LogP contribution is -2.09. The molecule has 0 amide bonds. The summed E-state index contributed by atoms with van der Waals surface area (Å²) in [6, 6.07) is 16.1. The number of carboxylic acids is 2. The van der Waals surface area contributed by atoms with E-state index in [1.165, 1.54) is 5.56 Å². The fourth-order valence-electron chi connectivity index (χ4n) is 4.51. The Bertz CT molecular complexity index is 1160. The third kappa shape index (κ3) is 4.59. The van der Waals surface area contributed by atoms with Crippen molar-refractivity contribution < 1.29 is 19.8 Å². The van der Waals surface area contributed by atoms with Crippen molar-refractivity contribution in [3.63, 3.8) is 0 Å². The van der Waals surface area contributed by atoms with Crippen LogP contribution < -0.4 is 0 Å². The number of aryl methyl sites for hydroxylation is 1. The van der Waals surface area contributed by atoms with Crippen LogP contribution in [0.4, 0.5) is 0 Å². The van der Waals surface area contributed by atoms with Crippen LogP contribution in [0.5, 0.6) is 0 Å².